The summed E-state index contributed by atoms with van der Waals surface area (Å²) in [4.78, 5) is 0. The minimum absolute atomic E-state index is 0.0434. The summed E-state index contributed by atoms with van der Waals surface area (Å²) < 4.78 is 53.6. The fraction of sp³-hybridized carbons (Fsp3) is 0.700. The molecule has 1 aliphatic carbocycles. The van der Waals surface area contributed by atoms with Crippen molar-refractivity contribution in [3.05, 3.63) is 17.0 Å². The molecule has 0 saturated heterocycles. The molecule has 0 bridgehead atoms. The summed E-state index contributed by atoms with van der Waals surface area (Å²) in [5.74, 6) is -3.60. The molecule has 1 unspecified atom stereocenters. The van der Waals surface area contributed by atoms with Gasteiger partial charge in [0.15, 0.2) is 0 Å². The first kappa shape index (κ1) is 11.4. The largest absolute Gasteiger partial charge is 0.290 e. The zero-order chi connectivity index (χ0) is 12.1. The van der Waals surface area contributed by atoms with E-state index in [0.29, 0.717) is 0 Å². The van der Waals surface area contributed by atoms with Crippen molar-refractivity contribution in [3.63, 3.8) is 0 Å². The van der Waals surface area contributed by atoms with Gasteiger partial charge in [0.1, 0.15) is 11.4 Å². The summed E-state index contributed by atoms with van der Waals surface area (Å²) >= 11 is 0. The summed E-state index contributed by atoms with van der Waals surface area (Å²) in [5.41, 5.74) is -0.763. The lowest BCUT2D eigenvalue weighted by Crippen LogP contribution is -2.15. The van der Waals surface area contributed by atoms with Crippen molar-refractivity contribution in [2.45, 2.75) is 45.1 Å². The van der Waals surface area contributed by atoms with E-state index in [0.717, 1.165) is 4.68 Å². The third-order valence-electron chi connectivity index (χ3n) is 2.93. The van der Waals surface area contributed by atoms with E-state index in [9.17, 15) is 17.6 Å². The lowest BCUT2D eigenvalue weighted by molar-refractivity contribution is -0.0146. The minimum Gasteiger partial charge on any atom is -0.263 e. The Hall–Kier alpha value is -1.07. The van der Waals surface area contributed by atoms with Crippen LogP contribution in [-0.2, 0) is 12.5 Å². The van der Waals surface area contributed by atoms with E-state index >= 15 is 0 Å². The molecule has 16 heavy (non-hydrogen) atoms. The molecule has 0 aliphatic heterocycles. The Kier molecular flexibility index (Phi) is 2.47. The van der Waals surface area contributed by atoms with Gasteiger partial charge in [0.05, 0.1) is 0 Å². The van der Waals surface area contributed by atoms with Crippen LogP contribution in [-0.4, -0.2) is 9.78 Å². The molecule has 0 amide bonds. The first-order chi connectivity index (χ1) is 7.38. The molecule has 2 nitrogen and oxygen atoms in total. The number of fused-ring (bicyclic) bond motifs is 1. The van der Waals surface area contributed by atoms with Crippen LogP contribution in [0.2, 0.25) is 0 Å². The Labute approximate surface area is 90.2 Å². The number of aryl methyl sites for hydroxylation is 1. The smallest absolute Gasteiger partial charge is 0.263 e. The number of halogens is 4. The maximum Gasteiger partial charge on any atom is 0.290 e. The monoisotopic (exact) mass is 236 g/mol. The second-order valence-electron chi connectivity index (χ2n) is 4.07. The quantitative estimate of drug-likeness (QED) is 0.719. The Morgan fingerprint density at radius 1 is 1.50 bits per heavy atom. The normalized spacial score (nSPS) is 22.8. The van der Waals surface area contributed by atoms with E-state index in [1.165, 1.54) is 6.92 Å². The summed E-state index contributed by atoms with van der Waals surface area (Å²) in [7, 11) is 0. The van der Waals surface area contributed by atoms with Crippen LogP contribution in [0.1, 0.15) is 49.6 Å². The van der Waals surface area contributed by atoms with E-state index in [1.807, 2.05) is 0 Å². The topological polar surface area (TPSA) is 17.8 Å². The van der Waals surface area contributed by atoms with Crippen molar-refractivity contribution in [2.75, 3.05) is 0 Å². The van der Waals surface area contributed by atoms with E-state index in [-0.39, 0.29) is 17.8 Å². The molecule has 1 atom stereocenters. The van der Waals surface area contributed by atoms with Gasteiger partial charge in [-0.15, -0.1) is 0 Å². The van der Waals surface area contributed by atoms with Gasteiger partial charge in [0, 0.05) is 18.5 Å². The molecule has 0 saturated carbocycles. The molecule has 6 heteroatoms. The molecule has 0 aromatic carbocycles. The predicted octanol–water partition coefficient (Wildman–Crippen LogP) is 3.44. The van der Waals surface area contributed by atoms with Gasteiger partial charge in [-0.3, -0.25) is 4.68 Å². The van der Waals surface area contributed by atoms with Crippen LogP contribution in [0.5, 0.6) is 0 Å². The average molecular weight is 236 g/mol. The Morgan fingerprint density at radius 3 is 2.62 bits per heavy atom. The molecule has 2 rings (SSSR count). The number of aromatic nitrogens is 2. The van der Waals surface area contributed by atoms with Gasteiger partial charge < -0.3 is 0 Å². The standard InChI is InChI=1S/C10H12F4N2/c1-3-16-8-6(7(15-16)9(11)12)5(2)4-10(8,13)14/h5,9H,3-4H2,1-2H3. The average Bonchev–Trinajstić information content (AvgIpc) is 2.65. The second kappa shape index (κ2) is 3.46. The highest BCUT2D eigenvalue weighted by molar-refractivity contribution is 5.38. The van der Waals surface area contributed by atoms with Crippen molar-refractivity contribution >= 4 is 0 Å². The van der Waals surface area contributed by atoms with Crippen molar-refractivity contribution < 1.29 is 17.6 Å². The van der Waals surface area contributed by atoms with Crippen LogP contribution in [0.25, 0.3) is 0 Å². The highest BCUT2D eigenvalue weighted by Gasteiger charge is 2.49. The lowest BCUT2D eigenvalue weighted by Gasteiger charge is -2.12. The molecule has 0 N–H and O–H groups in total. The fourth-order valence-electron chi connectivity index (χ4n) is 2.34. The van der Waals surface area contributed by atoms with Gasteiger partial charge in [-0.25, -0.2) is 8.78 Å². The molecule has 1 aromatic rings. The maximum atomic E-state index is 13.6. The van der Waals surface area contributed by atoms with Crippen LogP contribution in [0.4, 0.5) is 17.6 Å². The first-order valence-electron chi connectivity index (χ1n) is 5.15. The van der Waals surface area contributed by atoms with Crippen molar-refractivity contribution in [3.8, 4) is 0 Å². The Bertz CT molecular complexity index is 411. The summed E-state index contributed by atoms with van der Waals surface area (Å²) in [5, 5.41) is 3.58. The van der Waals surface area contributed by atoms with Gasteiger partial charge in [0.25, 0.3) is 12.3 Å². The maximum absolute atomic E-state index is 13.6. The summed E-state index contributed by atoms with van der Waals surface area (Å²) in [6, 6.07) is 0. The van der Waals surface area contributed by atoms with Crippen LogP contribution < -0.4 is 0 Å². The molecule has 1 heterocycles. The van der Waals surface area contributed by atoms with Gasteiger partial charge in [-0.05, 0) is 12.8 Å². The van der Waals surface area contributed by atoms with Gasteiger partial charge in [-0.1, -0.05) is 6.92 Å². The highest BCUT2D eigenvalue weighted by atomic mass is 19.3. The molecule has 1 aliphatic rings. The SMILES string of the molecule is CCn1nc(C(F)F)c2c1C(F)(F)CC2C. The minimum atomic E-state index is -3.04. The molecule has 90 valence electrons. The van der Waals surface area contributed by atoms with Gasteiger partial charge in [-0.2, -0.15) is 13.9 Å². The molecule has 0 radical (unpaired) electrons. The van der Waals surface area contributed by atoms with Gasteiger partial charge >= 0.3 is 0 Å². The summed E-state index contributed by atoms with van der Waals surface area (Å²) in [6.45, 7) is 3.33. The number of rotatable bonds is 2. The Balaban J connectivity index is 2.65. The predicted molar refractivity (Wildman–Crippen MR) is 49.8 cm³/mol. The van der Waals surface area contributed by atoms with E-state index in [1.54, 1.807) is 6.92 Å². The number of alkyl halides is 4. The van der Waals surface area contributed by atoms with E-state index in [2.05, 4.69) is 5.10 Å². The molecule has 1 aromatic heterocycles. The molecule has 0 spiro atoms. The highest BCUT2D eigenvalue weighted by Crippen LogP contribution is 2.50. The number of hydrogen-bond acceptors (Lipinski definition) is 1. The third-order valence-corrected chi connectivity index (χ3v) is 2.93. The van der Waals surface area contributed by atoms with E-state index < -0.39 is 30.4 Å². The first-order valence-corrected chi connectivity index (χ1v) is 5.15. The zero-order valence-corrected chi connectivity index (χ0v) is 8.98. The van der Waals surface area contributed by atoms with Crippen LogP contribution >= 0.6 is 0 Å². The molecule has 0 fully saturated rings. The fourth-order valence-corrected chi connectivity index (χ4v) is 2.34. The van der Waals surface area contributed by atoms with Crippen molar-refractivity contribution in [1.82, 2.24) is 9.78 Å². The Morgan fingerprint density at radius 2 is 2.12 bits per heavy atom. The lowest BCUT2D eigenvalue weighted by atomic mass is 10.0. The zero-order valence-electron chi connectivity index (χ0n) is 8.98. The van der Waals surface area contributed by atoms with Crippen LogP contribution in [0.3, 0.4) is 0 Å². The number of nitrogens with zero attached hydrogens (tertiary/aromatic N) is 2. The summed E-state index contributed by atoms with van der Waals surface area (Å²) in [6.07, 6.45) is -3.20. The van der Waals surface area contributed by atoms with Crippen molar-refractivity contribution in [2.24, 2.45) is 0 Å². The van der Waals surface area contributed by atoms with Crippen LogP contribution in [0, 0.1) is 0 Å². The molecular weight excluding hydrogens is 224 g/mol. The number of hydrogen-bond donors (Lipinski definition) is 0. The molecular formula is C10H12F4N2. The second-order valence-corrected chi connectivity index (χ2v) is 4.07. The van der Waals surface area contributed by atoms with E-state index in [4.69, 9.17) is 0 Å². The third kappa shape index (κ3) is 1.43. The van der Waals surface area contributed by atoms with Crippen LogP contribution in [0.15, 0.2) is 0 Å². The van der Waals surface area contributed by atoms with Crippen molar-refractivity contribution in [1.29, 1.82) is 0 Å². The van der Waals surface area contributed by atoms with Gasteiger partial charge in [0.2, 0.25) is 0 Å².